The predicted molar refractivity (Wildman–Crippen MR) is 57.2 cm³/mol. The van der Waals surface area contributed by atoms with E-state index in [0.29, 0.717) is 11.1 Å². The summed E-state index contributed by atoms with van der Waals surface area (Å²) in [5.74, 6) is 0. The highest BCUT2D eigenvalue weighted by atomic mass is 16.4. The summed E-state index contributed by atoms with van der Waals surface area (Å²) in [4.78, 5) is 11.4. The first-order chi connectivity index (χ1) is 6.81. The van der Waals surface area contributed by atoms with Crippen molar-refractivity contribution in [2.24, 2.45) is 0 Å². The molecule has 0 spiro atoms. The van der Waals surface area contributed by atoms with Gasteiger partial charge in [-0.15, -0.1) is 0 Å². The summed E-state index contributed by atoms with van der Waals surface area (Å²) in [6, 6.07) is 9.31. The van der Waals surface area contributed by atoms with Crippen LogP contribution in [0, 0.1) is 0 Å². The Morgan fingerprint density at radius 1 is 1.29 bits per heavy atom. The van der Waals surface area contributed by atoms with Crippen molar-refractivity contribution >= 4 is 17.0 Å². The molecule has 0 saturated heterocycles. The lowest BCUT2D eigenvalue weighted by Crippen LogP contribution is -2.01. The summed E-state index contributed by atoms with van der Waals surface area (Å²) in [7, 11) is 0. The highest BCUT2D eigenvalue weighted by Crippen LogP contribution is 2.12. The molecule has 0 saturated carbocycles. The molecule has 1 heterocycles. The molecule has 0 radical (unpaired) electrons. The van der Waals surface area contributed by atoms with Crippen LogP contribution in [0.25, 0.3) is 17.0 Å². The van der Waals surface area contributed by atoms with Gasteiger partial charge in [-0.25, -0.2) is 4.79 Å². The number of hydrogen-bond acceptors (Lipinski definition) is 2. The van der Waals surface area contributed by atoms with Gasteiger partial charge in [0.15, 0.2) is 0 Å². The second kappa shape index (κ2) is 3.50. The van der Waals surface area contributed by atoms with Crippen molar-refractivity contribution < 1.29 is 4.42 Å². The molecule has 0 aliphatic heterocycles. The van der Waals surface area contributed by atoms with Gasteiger partial charge >= 0.3 is 5.63 Å². The Hall–Kier alpha value is -1.83. The highest BCUT2D eigenvalue weighted by Gasteiger charge is 2.00. The third-order valence-corrected chi connectivity index (χ3v) is 2.01. The van der Waals surface area contributed by atoms with Crippen molar-refractivity contribution in [3.8, 4) is 0 Å². The summed E-state index contributed by atoms with van der Waals surface area (Å²) in [5.41, 5.74) is 0.929. The molecule has 70 valence electrons. The molecule has 2 heteroatoms. The Morgan fingerprint density at radius 2 is 2.07 bits per heavy atom. The lowest BCUT2D eigenvalue weighted by molar-refractivity contribution is 0.559. The third-order valence-electron chi connectivity index (χ3n) is 2.01. The van der Waals surface area contributed by atoms with Crippen LogP contribution in [0.15, 0.2) is 45.6 Å². The van der Waals surface area contributed by atoms with E-state index in [9.17, 15) is 4.79 Å². The summed E-state index contributed by atoms with van der Waals surface area (Å²) in [6.45, 7) is 1.87. The van der Waals surface area contributed by atoms with Crippen LogP contribution in [0.3, 0.4) is 0 Å². The number of para-hydroxylation sites is 1. The molecule has 14 heavy (non-hydrogen) atoms. The SMILES string of the molecule is CC=Cc1cc2ccccc2oc1=O. The molecule has 0 fully saturated rings. The monoisotopic (exact) mass is 186 g/mol. The van der Waals surface area contributed by atoms with Crippen molar-refractivity contribution in [2.75, 3.05) is 0 Å². The fourth-order valence-electron chi connectivity index (χ4n) is 1.37. The van der Waals surface area contributed by atoms with Gasteiger partial charge < -0.3 is 4.42 Å². The van der Waals surface area contributed by atoms with Crippen LogP contribution in [0.2, 0.25) is 0 Å². The van der Waals surface area contributed by atoms with Crippen molar-refractivity contribution in [1.29, 1.82) is 0 Å². The van der Waals surface area contributed by atoms with Gasteiger partial charge in [0.1, 0.15) is 5.58 Å². The molecule has 0 bridgehead atoms. The second-order valence-electron chi connectivity index (χ2n) is 3.03. The van der Waals surface area contributed by atoms with E-state index in [-0.39, 0.29) is 5.63 Å². The molecule has 0 aliphatic rings. The van der Waals surface area contributed by atoms with E-state index in [1.54, 1.807) is 12.1 Å². The fraction of sp³-hybridized carbons (Fsp3) is 0.0833. The van der Waals surface area contributed by atoms with Gasteiger partial charge in [-0.1, -0.05) is 30.4 Å². The number of fused-ring (bicyclic) bond motifs is 1. The van der Waals surface area contributed by atoms with Gasteiger partial charge in [-0.3, -0.25) is 0 Å². The smallest absolute Gasteiger partial charge is 0.343 e. The van der Waals surface area contributed by atoms with E-state index in [0.717, 1.165) is 5.39 Å². The zero-order valence-electron chi connectivity index (χ0n) is 7.86. The number of benzene rings is 1. The largest absolute Gasteiger partial charge is 0.422 e. The van der Waals surface area contributed by atoms with Crippen molar-refractivity contribution in [3.05, 3.63) is 52.4 Å². The van der Waals surface area contributed by atoms with Crippen molar-refractivity contribution in [1.82, 2.24) is 0 Å². The normalized spacial score (nSPS) is 11.2. The molecule has 1 aromatic carbocycles. The second-order valence-corrected chi connectivity index (χ2v) is 3.03. The molecule has 0 N–H and O–H groups in total. The predicted octanol–water partition coefficient (Wildman–Crippen LogP) is 2.83. The van der Waals surface area contributed by atoms with Crippen molar-refractivity contribution in [3.63, 3.8) is 0 Å². The van der Waals surface area contributed by atoms with Gasteiger partial charge in [0, 0.05) is 5.39 Å². The lowest BCUT2D eigenvalue weighted by Gasteiger charge is -1.96. The molecule has 2 nitrogen and oxygen atoms in total. The minimum atomic E-state index is -0.290. The Balaban J connectivity index is 2.77. The van der Waals surface area contributed by atoms with Crippen LogP contribution in [0.4, 0.5) is 0 Å². The van der Waals surface area contributed by atoms with E-state index >= 15 is 0 Å². The molecule has 0 amide bonds. The molecule has 0 atom stereocenters. The van der Waals surface area contributed by atoms with Crippen LogP contribution < -0.4 is 5.63 Å². The Bertz CT molecular complexity index is 535. The molecule has 1 aromatic heterocycles. The summed E-state index contributed by atoms with van der Waals surface area (Å²) < 4.78 is 5.14. The maximum atomic E-state index is 11.4. The Morgan fingerprint density at radius 3 is 2.86 bits per heavy atom. The number of rotatable bonds is 1. The van der Waals surface area contributed by atoms with Gasteiger partial charge in [0.05, 0.1) is 5.56 Å². The zero-order chi connectivity index (χ0) is 9.97. The maximum Gasteiger partial charge on any atom is 0.343 e. The van der Waals surface area contributed by atoms with E-state index in [1.165, 1.54) is 0 Å². The maximum absolute atomic E-state index is 11.4. The number of allylic oxidation sites excluding steroid dienone is 1. The minimum absolute atomic E-state index is 0.290. The average molecular weight is 186 g/mol. The molecular formula is C12H10O2. The topological polar surface area (TPSA) is 30.2 Å². The van der Waals surface area contributed by atoms with E-state index in [2.05, 4.69) is 0 Å². The van der Waals surface area contributed by atoms with Crippen LogP contribution in [0.1, 0.15) is 12.5 Å². The summed E-state index contributed by atoms with van der Waals surface area (Å²) in [6.07, 6.45) is 3.57. The standard InChI is InChI=1S/C12H10O2/c1-2-5-10-8-9-6-3-4-7-11(9)14-12(10)13/h2-8H,1H3. The summed E-state index contributed by atoms with van der Waals surface area (Å²) >= 11 is 0. The van der Waals surface area contributed by atoms with Gasteiger partial charge in [0.2, 0.25) is 0 Å². The van der Waals surface area contributed by atoms with E-state index < -0.39 is 0 Å². The Labute approximate surface area is 81.5 Å². The first-order valence-electron chi connectivity index (χ1n) is 4.47. The zero-order valence-corrected chi connectivity index (χ0v) is 7.86. The van der Waals surface area contributed by atoms with Gasteiger partial charge in [-0.05, 0) is 19.1 Å². The van der Waals surface area contributed by atoms with Gasteiger partial charge in [0.25, 0.3) is 0 Å². The first-order valence-corrected chi connectivity index (χ1v) is 4.47. The van der Waals surface area contributed by atoms with Gasteiger partial charge in [-0.2, -0.15) is 0 Å². The molecule has 0 aliphatic carbocycles. The number of hydrogen-bond donors (Lipinski definition) is 0. The Kier molecular flexibility index (Phi) is 2.19. The molecular weight excluding hydrogens is 176 g/mol. The van der Waals surface area contributed by atoms with Crippen LogP contribution in [-0.2, 0) is 0 Å². The molecule has 2 rings (SSSR count). The molecule has 0 unspecified atom stereocenters. The minimum Gasteiger partial charge on any atom is -0.422 e. The van der Waals surface area contributed by atoms with Crippen LogP contribution in [0.5, 0.6) is 0 Å². The van der Waals surface area contributed by atoms with Crippen molar-refractivity contribution in [2.45, 2.75) is 6.92 Å². The quantitative estimate of drug-likeness (QED) is 0.641. The van der Waals surface area contributed by atoms with E-state index in [4.69, 9.17) is 4.42 Å². The average Bonchev–Trinajstić information content (AvgIpc) is 2.19. The van der Waals surface area contributed by atoms with Crippen LogP contribution in [-0.4, -0.2) is 0 Å². The van der Waals surface area contributed by atoms with E-state index in [1.807, 2.05) is 37.3 Å². The lowest BCUT2D eigenvalue weighted by atomic mass is 10.2. The first kappa shape index (κ1) is 8.75. The third kappa shape index (κ3) is 1.46. The summed E-state index contributed by atoms with van der Waals surface area (Å²) in [5, 5.41) is 0.945. The molecule has 2 aromatic rings. The highest BCUT2D eigenvalue weighted by molar-refractivity contribution is 5.78. The fourth-order valence-corrected chi connectivity index (χ4v) is 1.37. The van der Waals surface area contributed by atoms with Crippen LogP contribution >= 0.6 is 0 Å².